The predicted octanol–water partition coefficient (Wildman–Crippen LogP) is 2.00. The van der Waals surface area contributed by atoms with E-state index < -0.39 is 10.0 Å². The predicted molar refractivity (Wildman–Crippen MR) is 103 cm³/mol. The number of nitrogens with one attached hydrogen (secondary N) is 1. The molecule has 0 aliphatic heterocycles. The Morgan fingerprint density at radius 2 is 1.79 bits per heavy atom. The first-order chi connectivity index (χ1) is 13.4. The second-order valence-corrected chi connectivity index (χ2v) is 7.68. The molecule has 0 spiro atoms. The molecule has 2 heterocycles. The van der Waals surface area contributed by atoms with Crippen molar-refractivity contribution >= 4 is 15.7 Å². The van der Waals surface area contributed by atoms with E-state index in [0.29, 0.717) is 35.2 Å². The standard InChI is InChI=1S/C17H22N6O4S/c1-5-8-23-12(2)16(17(20-23)22-10-18-19-11-22)21-28(24,25)13-6-7-14(26-3)15(9-13)27-4/h6-7,9-11,21H,5,8H2,1-4H3. The molecule has 0 amide bonds. The zero-order chi connectivity index (χ0) is 20.3. The van der Waals surface area contributed by atoms with Gasteiger partial charge in [-0.2, -0.15) is 5.10 Å². The highest BCUT2D eigenvalue weighted by molar-refractivity contribution is 7.92. The van der Waals surface area contributed by atoms with Gasteiger partial charge in [-0.15, -0.1) is 10.2 Å². The van der Waals surface area contributed by atoms with Gasteiger partial charge in [0.2, 0.25) is 0 Å². The quantitative estimate of drug-likeness (QED) is 0.609. The zero-order valence-corrected chi connectivity index (χ0v) is 16.9. The van der Waals surface area contributed by atoms with Crippen LogP contribution in [0.3, 0.4) is 0 Å². The number of benzene rings is 1. The van der Waals surface area contributed by atoms with Crippen molar-refractivity contribution in [3.05, 3.63) is 36.5 Å². The Morgan fingerprint density at radius 3 is 2.39 bits per heavy atom. The number of methoxy groups -OCH3 is 2. The lowest BCUT2D eigenvalue weighted by Crippen LogP contribution is -2.15. The Hall–Kier alpha value is -3.08. The van der Waals surface area contributed by atoms with Gasteiger partial charge >= 0.3 is 0 Å². The molecule has 0 bridgehead atoms. The Labute approximate surface area is 163 Å². The first-order valence-corrected chi connectivity index (χ1v) is 10.1. The molecule has 0 saturated heterocycles. The summed E-state index contributed by atoms with van der Waals surface area (Å²) in [5.41, 5.74) is 1.05. The van der Waals surface area contributed by atoms with Crippen LogP contribution >= 0.6 is 0 Å². The number of anilines is 1. The summed E-state index contributed by atoms with van der Waals surface area (Å²) in [5, 5.41) is 12.1. The lowest BCUT2D eigenvalue weighted by Gasteiger charge is -2.12. The number of aromatic nitrogens is 5. The van der Waals surface area contributed by atoms with E-state index in [1.807, 2.05) is 13.8 Å². The van der Waals surface area contributed by atoms with Crippen molar-refractivity contribution in [3.63, 3.8) is 0 Å². The van der Waals surface area contributed by atoms with Gasteiger partial charge in [0.25, 0.3) is 10.0 Å². The van der Waals surface area contributed by atoms with Crippen molar-refractivity contribution in [2.45, 2.75) is 31.7 Å². The molecule has 3 rings (SSSR count). The molecule has 0 fully saturated rings. The molecule has 2 aromatic heterocycles. The first-order valence-electron chi connectivity index (χ1n) is 8.58. The van der Waals surface area contributed by atoms with E-state index in [1.54, 1.807) is 15.3 Å². The molecule has 3 aromatic rings. The third-order valence-electron chi connectivity index (χ3n) is 4.19. The van der Waals surface area contributed by atoms with E-state index in [-0.39, 0.29) is 4.90 Å². The number of sulfonamides is 1. The average molecular weight is 406 g/mol. The molecule has 28 heavy (non-hydrogen) atoms. The van der Waals surface area contributed by atoms with E-state index >= 15 is 0 Å². The zero-order valence-electron chi connectivity index (χ0n) is 16.1. The normalized spacial score (nSPS) is 11.4. The summed E-state index contributed by atoms with van der Waals surface area (Å²) in [6.07, 6.45) is 3.78. The van der Waals surface area contributed by atoms with E-state index in [1.165, 1.54) is 39.0 Å². The number of hydrogen-bond donors (Lipinski definition) is 1. The van der Waals surface area contributed by atoms with E-state index in [9.17, 15) is 8.42 Å². The van der Waals surface area contributed by atoms with Crippen LogP contribution in [-0.2, 0) is 16.6 Å². The Kier molecular flexibility index (Phi) is 5.54. The first kappa shape index (κ1) is 19.7. The largest absolute Gasteiger partial charge is 0.493 e. The number of hydrogen-bond acceptors (Lipinski definition) is 7. The van der Waals surface area contributed by atoms with Crippen molar-refractivity contribution < 1.29 is 17.9 Å². The minimum Gasteiger partial charge on any atom is -0.493 e. The van der Waals surface area contributed by atoms with Gasteiger partial charge in [0, 0.05) is 12.6 Å². The molecule has 1 aromatic carbocycles. The fourth-order valence-corrected chi connectivity index (χ4v) is 3.88. The topological polar surface area (TPSA) is 113 Å². The third-order valence-corrected chi connectivity index (χ3v) is 5.54. The molecule has 0 saturated carbocycles. The lowest BCUT2D eigenvalue weighted by molar-refractivity contribution is 0.354. The lowest BCUT2D eigenvalue weighted by atomic mass is 10.3. The van der Waals surface area contributed by atoms with Crippen LogP contribution in [0.15, 0.2) is 35.7 Å². The maximum absolute atomic E-state index is 13.0. The van der Waals surface area contributed by atoms with Gasteiger partial charge in [0.1, 0.15) is 18.3 Å². The summed E-state index contributed by atoms with van der Waals surface area (Å²) in [7, 11) is -0.965. The van der Waals surface area contributed by atoms with Gasteiger partial charge in [0.05, 0.1) is 24.8 Å². The van der Waals surface area contributed by atoms with E-state index in [0.717, 1.165) is 6.42 Å². The SMILES string of the molecule is CCCn1nc(-n2cnnc2)c(NS(=O)(=O)c2ccc(OC)c(OC)c2)c1C. The summed E-state index contributed by atoms with van der Waals surface area (Å²) in [6, 6.07) is 4.40. The highest BCUT2D eigenvalue weighted by Gasteiger charge is 2.24. The average Bonchev–Trinajstić information content (AvgIpc) is 3.31. The smallest absolute Gasteiger partial charge is 0.262 e. The number of nitrogens with zero attached hydrogens (tertiary/aromatic N) is 5. The monoisotopic (exact) mass is 406 g/mol. The van der Waals surface area contributed by atoms with Crippen molar-refractivity contribution in [1.29, 1.82) is 0 Å². The van der Waals surface area contributed by atoms with Gasteiger partial charge in [-0.25, -0.2) is 8.42 Å². The maximum Gasteiger partial charge on any atom is 0.262 e. The summed E-state index contributed by atoms with van der Waals surface area (Å²) < 4.78 is 42.4. The summed E-state index contributed by atoms with van der Waals surface area (Å²) in [4.78, 5) is 0.0440. The van der Waals surface area contributed by atoms with Crippen molar-refractivity contribution in [1.82, 2.24) is 24.5 Å². The van der Waals surface area contributed by atoms with Crippen LogP contribution in [0.25, 0.3) is 5.82 Å². The van der Waals surface area contributed by atoms with Crippen LogP contribution in [0.4, 0.5) is 5.69 Å². The highest BCUT2D eigenvalue weighted by Crippen LogP contribution is 2.32. The fourth-order valence-electron chi connectivity index (χ4n) is 2.75. The van der Waals surface area contributed by atoms with Crippen molar-refractivity contribution in [2.75, 3.05) is 18.9 Å². The molecule has 150 valence electrons. The van der Waals surface area contributed by atoms with Gasteiger partial charge in [-0.3, -0.25) is 14.0 Å². The number of ether oxygens (including phenoxy) is 2. The Morgan fingerprint density at radius 1 is 1.11 bits per heavy atom. The molecule has 10 nitrogen and oxygen atoms in total. The Balaban J connectivity index is 2.05. The van der Waals surface area contributed by atoms with Gasteiger partial charge in [-0.05, 0) is 25.5 Å². The molecule has 11 heteroatoms. The maximum atomic E-state index is 13.0. The van der Waals surface area contributed by atoms with Crippen LogP contribution in [0.5, 0.6) is 11.5 Å². The van der Waals surface area contributed by atoms with Gasteiger partial charge < -0.3 is 9.47 Å². The molecular weight excluding hydrogens is 384 g/mol. The van der Waals surface area contributed by atoms with Gasteiger partial charge in [0.15, 0.2) is 17.3 Å². The van der Waals surface area contributed by atoms with Gasteiger partial charge in [-0.1, -0.05) is 6.92 Å². The molecule has 0 atom stereocenters. The molecular formula is C17H22N6O4S. The minimum atomic E-state index is -3.90. The number of aryl methyl sites for hydroxylation is 1. The molecule has 0 radical (unpaired) electrons. The van der Waals surface area contributed by atoms with E-state index in [4.69, 9.17) is 9.47 Å². The van der Waals surface area contributed by atoms with Crippen molar-refractivity contribution in [2.24, 2.45) is 0 Å². The van der Waals surface area contributed by atoms with Crippen LogP contribution in [0.1, 0.15) is 19.0 Å². The second-order valence-electron chi connectivity index (χ2n) is 6.00. The molecule has 0 aliphatic rings. The summed E-state index contributed by atoms with van der Waals surface area (Å²) >= 11 is 0. The van der Waals surface area contributed by atoms with Crippen molar-refractivity contribution in [3.8, 4) is 17.3 Å². The molecule has 0 aliphatic carbocycles. The Bertz CT molecular complexity index is 1060. The third kappa shape index (κ3) is 3.65. The molecule has 0 unspecified atom stereocenters. The fraction of sp³-hybridized carbons (Fsp3) is 0.353. The number of rotatable bonds is 8. The second kappa shape index (κ2) is 7.89. The van der Waals surface area contributed by atoms with E-state index in [2.05, 4.69) is 20.0 Å². The van der Waals surface area contributed by atoms with Crippen LogP contribution in [-0.4, -0.2) is 47.2 Å². The highest BCUT2D eigenvalue weighted by atomic mass is 32.2. The summed E-state index contributed by atoms with van der Waals surface area (Å²) in [5.74, 6) is 1.17. The van der Waals surface area contributed by atoms with Crippen LogP contribution in [0.2, 0.25) is 0 Å². The van der Waals surface area contributed by atoms with Crippen LogP contribution < -0.4 is 14.2 Å². The summed E-state index contributed by atoms with van der Waals surface area (Å²) in [6.45, 7) is 4.48. The molecule has 1 N–H and O–H groups in total. The minimum absolute atomic E-state index is 0.0440. The van der Waals surface area contributed by atoms with Crippen LogP contribution in [0, 0.1) is 6.92 Å².